The zero-order chi connectivity index (χ0) is 13.8. The van der Waals surface area contributed by atoms with Crippen molar-refractivity contribution < 1.29 is 0 Å². The van der Waals surface area contributed by atoms with Gasteiger partial charge in [0.25, 0.3) is 0 Å². The molecule has 2 aromatic carbocycles. The zero-order valence-corrected chi connectivity index (χ0v) is 12.1. The van der Waals surface area contributed by atoms with E-state index in [4.69, 9.17) is 0 Å². The summed E-state index contributed by atoms with van der Waals surface area (Å²) in [5.41, 5.74) is 2.48. The van der Waals surface area contributed by atoms with E-state index in [1.54, 1.807) is 11.3 Å². The van der Waals surface area contributed by atoms with Crippen molar-refractivity contribution in [1.29, 1.82) is 0 Å². The summed E-state index contributed by atoms with van der Waals surface area (Å²) >= 11 is 1.69. The monoisotopic (exact) mass is 280 g/mol. The fraction of sp³-hybridized carbons (Fsp3) is 0.118. The average Bonchev–Trinajstić information content (AvgIpc) is 2.97. The molecule has 3 aromatic rings. The van der Waals surface area contributed by atoms with Crippen LogP contribution in [-0.4, -0.2) is 4.98 Å². The predicted molar refractivity (Wildman–Crippen MR) is 86.0 cm³/mol. The third kappa shape index (κ3) is 2.89. The van der Waals surface area contributed by atoms with E-state index in [1.807, 2.05) is 18.3 Å². The summed E-state index contributed by atoms with van der Waals surface area (Å²) in [6.45, 7) is 2.15. The smallest absolute Gasteiger partial charge is 0.183 e. The number of benzene rings is 2. The highest BCUT2D eigenvalue weighted by Gasteiger charge is 2.08. The normalized spacial score (nSPS) is 12.1. The molecule has 0 aliphatic carbocycles. The fourth-order valence-electron chi connectivity index (χ4n) is 2.09. The van der Waals surface area contributed by atoms with E-state index < -0.39 is 0 Å². The van der Waals surface area contributed by atoms with Gasteiger partial charge in [-0.25, -0.2) is 4.98 Å². The first-order valence-corrected chi connectivity index (χ1v) is 7.47. The molecule has 0 amide bonds. The molecule has 2 nitrogen and oxygen atoms in total. The second kappa shape index (κ2) is 5.88. The van der Waals surface area contributed by atoms with E-state index in [9.17, 15) is 0 Å². The maximum atomic E-state index is 4.47. The molecule has 0 spiro atoms. The van der Waals surface area contributed by atoms with Crippen LogP contribution in [0.25, 0.3) is 10.4 Å². The van der Waals surface area contributed by atoms with Gasteiger partial charge >= 0.3 is 0 Å². The molecule has 0 radical (unpaired) electrons. The lowest BCUT2D eigenvalue weighted by Crippen LogP contribution is -2.05. The van der Waals surface area contributed by atoms with Crippen LogP contribution in [0.4, 0.5) is 5.13 Å². The van der Waals surface area contributed by atoms with Crippen molar-refractivity contribution >= 4 is 16.5 Å². The molecule has 0 saturated carbocycles. The van der Waals surface area contributed by atoms with Crippen LogP contribution in [0, 0.1) is 0 Å². The summed E-state index contributed by atoms with van der Waals surface area (Å²) in [6.07, 6.45) is 1.93. The highest BCUT2D eigenvalue weighted by atomic mass is 32.1. The van der Waals surface area contributed by atoms with Crippen LogP contribution in [0.1, 0.15) is 18.5 Å². The number of hydrogen-bond donors (Lipinski definition) is 1. The lowest BCUT2D eigenvalue weighted by Gasteiger charge is -2.12. The first-order chi connectivity index (χ1) is 9.83. The van der Waals surface area contributed by atoms with E-state index in [1.165, 1.54) is 16.0 Å². The molecule has 0 fully saturated rings. The highest BCUT2D eigenvalue weighted by Crippen LogP contribution is 2.30. The van der Waals surface area contributed by atoms with Gasteiger partial charge in [0.2, 0.25) is 0 Å². The molecule has 1 heterocycles. The van der Waals surface area contributed by atoms with E-state index in [0.717, 1.165) is 5.13 Å². The van der Waals surface area contributed by atoms with E-state index in [0.29, 0.717) is 0 Å². The standard InChI is InChI=1S/C17H16N2S/c1-13(14-8-4-2-5-9-14)19-17-18-12-16(20-17)15-10-6-3-7-11-15/h2-13H,1H3,(H,18,19). The van der Waals surface area contributed by atoms with Crippen LogP contribution in [-0.2, 0) is 0 Å². The number of thiazole rings is 1. The van der Waals surface area contributed by atoms with Gasteiger partial charge in [-0.2, -0.15) is 0 Å². The Hall–Kier alpha value is -2.13. The minimum atomic E-state index is 0.256. The second-order valence-electron chi connectivity index (χ2n) is 4.67. The minimum absolute atomic E-state index is 0.256. The molecule has 100 valence electrons. The number of hydrogen-bond acceptors (Lipinski definition) is 3. The third-order valence-corrected chi connectivity index (χ3v) is 4.18. The van der Waals surface area contributed by atoms with E-state index in [2.05, 4.69) is 65.8 Å². The number of anilines is 1. The summed E-state index contributed by atoms with van der Waals surface area (Å²) in [5, 5.41) is 4.41. The van der Waals surface area contributed by atoms with Gasteiger partial charge in [-0.1, -0.05) is 72.0 Å². The van der Waals surface area contributed by atoms with E-state index >= 15 is 0 Å². The first kappa shape index (κ1) is 12.9. The number of nitrogens with one attached hydrogen (secondary N) is 1. The Morgan fingerprint density at radius 3 is 2.30 bits per heavy atom. The molecule has 0 aliphatic heterocycles. The Labute approximate surface area is 123 Å². The van der Waals surface area contributed by atoms with Crippen LogP contribution in [0.2, 0.25) is 0 Å². The highest BCUT2D eigenvalue weighted by molar-refractivity contribution is 7.18. The molecule has 1 atom stereocenters. The lowest BCUT2D eigenvalue weighted by molar-refractivity contribution is 0.882. The SMILES string of the molecule is CC(Nc1ncc(-c2ccccc2)s1)c1ccccc1. The third-order valence-electron chi connectivity index (χ3n) is 3.20. The van der Waals surface area contributed by atoms with Crippen LogP contribution in [0.15, 0.2) is 66.9 Å². The summed E-state index contributed by atoms with van der Waals surface area (Å²) in [7, 11) is 0. The molecule has 0 bridgehead atoms. The van der Waals surface area contributed by atoms with Crippen molar-refractivity contribution in [3.63, 3.8) is 0 Å². The number of rotatable bonds is 4. The molecule has 0 saturated heterocycles. The molecular formula is C17H16N2S. The Balaban J connectivity index is 1.75. The van der Waals surface area contributed by atoms with E-state index in [-0.39, 0.29) is 6.04 Å². The minimum Gasteiger partial charge on any atom is -0.355 e. The van der Waals surface area contributed by atoms with Gasteiger partial charge in [0, 0.05) is 6.20 Å². The molecule has 1 unspecified atom stereocenters. The van der Waals surface area contributed by atoms with Gasteiger partial charge in [0.1, 0.15) is 0 Å². The predicted octanol–water partition coefficient (Wildman–Crippen LogP) is 4.98. The quantitative estimate of drug-likeness (QED) is 0.728. The Morgan fingerprint density at radius 2 is 1.60 bits per heavy atom. The van der Waals surface area contributed by atoms with Crippen molar-refractivity contribution in [3.05, 3.63) is 72.4 Å². The van der Waals surface area contributed by atoms with Crippen molar-refractivity contribution in [2.45, 2.75) is 13.0 Å². The number of nitrogens with zero attached hydrogens (tertiary/aromatic N) is 1. The lowest BCUT2D eigenvalue weighted by atomic mass is 10.1. The molecule has 1 N–H and O–H groups in total. The zero-order valence-electron chi connectivity index (χ0n) is 11.3. The molecule has 0 aliphatic rings. The Bertz CT molecular complexity index is 662. The van der Waals surface area contributed by atoms with Gasteiger partial charge in [-0.3, -0.25) is 0 Å². The van der Waals surface area contributed by atoms with Gasteiger partial charge in [0.15, 0.2) is 5.13 Å². The summed E-state index contributed by atoms with van der Waals surface area (Å²) in [4.78, 5) is 5.65. The van der Waals surface area contributed by atoms with Crippen LogP contribution in [0.5, 0.6) is 0 Å². The van der Waals surface area contributed by atoms with Gasteiger partial charge in [-0.15, -0.1) is 0 Å². The topological polar surface area (TPSA) is 24.9 Å². The second-order valence-corrected chi connectivity index (χ2v) is 5.70. The Morgan fingerprint density at radius 1 is 0.950 bits per heavy atom. The van der Waals surface area contributed by atoms with Gasteiger partial charge in [-0.05, 0) is 18.1 Å². The molecule has 1 aromatic heterocycles. The summed E-state index contributed by atoms with van der Waals surface area (Å²) < 4.78 is 0. The molecular weight excluding hydrogens is 264 g/mol. The van der Waals surface area contributed by atoms with Crippen LogP contribution in [0.3, 0.4) is 0 Å². The molecule has 20 heavy (non-hydrogen) atoms. The first-order valence-electron chi connectivity index (χ1n) is 6.65. The number of aromatic nitrogens is 1. The Kier molecular flexibility index (Phi) is 3.79. The fourth-order valence-corrected chi connectivity index (χ4v) is 3.00. The average molecular weight is 280 g/mol. The maximum Gasteiger partial charge on any atom is 0.183 e. The van der Waals surface area contributed by atoms with Gasteiger partial charge in [0.05, 0.1) is 10.9 Å². The maximum absolute atomic E-state index is 4.47. The largest absolute Gasteiger partial charge is 0.355 e. The summed E-state index contributed by atoms with van der Waals surface area (Å²) in [6, 6.07) is 21.0. The summed E-state index contributed by atoms with van der Waals surface area (Å²) in [5.74, 6) is 0. The van der Waals surface area contributed by atoms with Crippen molar-refractivity contribution in [2.75, 3.05) is 5.32 Å². The van der Waals surface area contributed by atoms with Crippen molar-refractivity contribution in [1.82, 2.24) is 4.98 Å². The van der Waals surface area contributed by atoms with Gasteiger partial charge < -0.3 is 5.32 Å². The van der Waals surface area contributed by atoms with Crippen molar-refractivity contribution in [2.24, 2.45) is 0 Å². The van der Waals surface area contributed by atoms with Crippen molar-refractivity contribution in [3.8, 4) is 10.4 Å². The molecule has 3 rings (SSSR count). The van der Waals surface area contributed by atoms with Crippen LogP contribution >= 0.6 is 11.3 Å². The van der Waals surface area contributed by atoms with Crippen LogP contribution < -0.4 is 5.32 Å². The molecule has 3 heteroatoms.